The van der Waals surface area contributed by atoms with Gasteiger partial charge in [0.25, 0.3) is 0 Å². The summed E-state index contributed by atoms with van der Waals surface area (Å²) in [5.74, 6) is 2.43. The number of methoxy groups -OCH3 is 1. The Morgan fingerprint density at radius 2 is 2.10 bits per heavy atom. The van der Waals surface area contributed by atoms with E-state index < -0.39 is 0 Å². The molecule has 0 saturated heterocycles. The van der Waals surface area contributed by atoms with Crippen molar-refractivity contribution in [1.82, 2.24) is 9.97 Å². The second-order valence-corrected chi connectivity index (χ2v) is 5.22. The summed E-state index contributed by atoms with van der Waals surface area (Å²) < 4.78 is 10.6. The van der Waals surface area contributed by atoms with Gasteiger partial charge in [-0.05, 0) is 26.2 Å². The maximum Gasteiger partial charge on any atom is 0.242 e. The molecule has 1 heterocycles. The Hall–Kier alpha value is -1.56. The van der Waals surface area contributed by atoms with Gasteiger partial charge >= 0.3 is 0 Å². The molecule has 0 spiro atoms. The highest BCUT2D eigenvalue weighted by Crippen LogP contribution is 2.40. The SMILES string of the molecule is CCC(C)Nc1nc(C2CC2)nc(OCCOC)c1N. The van der Waals surface area contributed by atoms with Crippen molar-refractivity contribution in [2.75, 3.05) is 31.4 Å². The van der Waals surface area contributed by atoms with Crippen LogP contribution in [0.1, 0.15) is 44.9 Å². The van der Waals surface area contributed by atoms with Gasteiger partial charge in [0.2, 0.25) is 5.88 Å². The second-order valence-electron chi connectivity index (χ2n) is 5.22. The Kier molecular flexibility index (Phi) is 5.00. The number of nitrogens with one attached hydrogen (secondary N) is 1. The Morgan fingerprint density at radius 1 is 1.35 bits per heavy atom. The summed E-state index contributed by atoms with van der Waals surface area (Å²) >= 11 is 0. The average Bonchev–Trinajstić information content (AvgIpc) is 3.27. The van der Waals surface area contributed by atoms with Crippen molar-refractivity contribution in [3.63, 3.8) is 0 Å². The van der Waals surface area contributed by atoms with Gasteiger partial charge in [0.05, 0.1) is 6.61 Å². The van der Waals surface area contributed by atoms with Crippen LogP contribution >= 0.6 is 0 Å². The normalized spacial score (nSPS) is 15.9. The molecule has 0 amide bonds. The van der Waals surface area contributed by atoms with Gasteiger partial charge in [-0.25, -0.2) is 4.98 Å². The quantitative estimate of drug-likeness (QED) is 0.710. The van der Waals surface area contributed by atoms with Crippen molar-refractivity contribution in [2.45, 2.75) is 45.1 Å². The number of nitrogen functional groups attached to an aromatic ring is 1. The first-order valence-corrected chi connectivity index (χ1v) is 7.21. The molecule has 0 aromatic carbocycles. The predicted molar refractivity (Wildman–Crippen MR) is 79.2 cm³/mol. The molecule has 1 unspecified atom stereocenters. The van der Waals surface area contributed by atoms with E-state index in [9.17, 15) is 0 Å². The molecule has 6 nitrogen and oxygen atoms in total. The molecule has 1 aromatic heterocycles. The zero-order valence-corrected chi connectivity index (χ0v) is 12.5. The molecule has 20 heavy (non-hydrogen) atoms. The van der Waals surface area contributed by atoms with Gasteiger partial charge in [-0.3, -0.25) is 0 Å². The van der Waals surface area contributed by atoms with Crippen LogP contribution in [0.5, 0.6) is 5.88 Å². The van der Waals surface area contributed by atoms with Crippen LogP contribution in [0, 0.1) is 0 Å². The van der Waals surface area contributed by atoms with Crippen LogP contribution in [-0.2, 0) is 4.74 Å². The van der Waals surface area contributed by atoms with Crippen LogP contribution in [0.2, 0.25) is 0 Å². The minimum atomic E-state index is 0.311. The van der Waals surface area contributed by atoms with Gasteiger partial charge in [0.15, 0.2) is 5.82 Å². The maximum atomic E-state index is 6.10. The molecule has 6 heteroatoms. The fourth-order valence-electron chi connectivity index (χ4n) is 1.77. The number of rotatable bonds is 8. The van der Waals surface area contributed by atoms with Crippen LogP contribution in [0.3, 0.4) is 0 Å². The first-order chi connectivity index (χ1) is 9.65. The lowest BCUT2D eigenvalue weighted by Gasteiger charge is -2.17. The van der Waals surface area contributed by atoms with E-state index in [1.165, 1.54) is 0 Å². The zero-order chi connectivity index (χ0) is 14.5. The average molecular weight is 280 g/mol. The molecule has 3 N–H and O–H groups in total. The molecule has 2 rings (SSSR count). The minimum absolute atomic E-state index is 0.311. The van der Waals surface area contributed by atoms with Crippen LogP contribution in [0.15, 0.2) is 0 Å². The summed E-state index contributed by atoms with van der Waals surface area (Å²) in [7, 11) is 1.64. The lowest BCUT2D eigenvalue weighted by Crippen LogP contribution is -2.18. The fourth-order valence-corrected chi connectivity index (χ4v) is 1.77. The number of nitrogens with two attached hydrogens (primary N) is 1. The molecular weight excluding hydrogens is 256 g/mol. The van der Waals surface area contributed by atoms with Gasteiger partial charge in [0, 0.05) is 19.1 Å². The van der Waals surface area contributed by atoms with Crippen LogP contribution in [-0.4, -0.2) is 36.3 Å². The number of hydrogen-bond acceptors (Lipinski definition) is 6. The van der Waals surface area contributed by atoms with Gasteiger partial charge in [0.1, 0.15) is 18.1 Å². The lowest BCUT2D eigenvalue weighted by atomic mass is 10.2. The van der Waals surface area contributed by atoms with Crippen molar-refractivity contribution in [1.29, 1.82) is 0 Å². The minimum Gasteiger partial charge on any atom is -0.474 e. The van der Waals surface area contributed by atoms with E-state index in [1.54, 1.807) is 7.11 Å². The standard InChI is InChI=1S/C14H24N4O2/c1-4-9(2)16-13-11(15)14(20-8-7-19-3)18-12(17-13)10-5-6-10/h9-10H,4-8,15H2,1-3H3,(H,16,17,18). The van der Waals surface area contributed by atoms with Gasteiger partial charge in [-0.2, -0.15) is 4.98 Å². The second kappa shape index (κ2) is 6.74. The Morgan fingerprint density at radius 3 is 2.70 bits per heavy atom. The summed E-state index contributed by atoms with van der Waals surface area (Å²) in [6.07, 6.45) is 3.29. The van der Waals surface area contributed by atoms with Crippen molar-refractivity contribution in [3.05, 3.63) is 5.82 Å². The van der Waals surface area contributed by atoms with E-state index in [0.717, 1.165) is 25.1 Å². The topological polar surface area (TPSA) is 82.3 Å². The van der Waals surface area contributed by atoms with Crippen molar-refractivity contribution < 1.29 is 9.47 Å². The molecule has 112 valence electrons. The molecule has 0 aliphatic heterocycles. The highest BCUT2D eigenvalue weighted by Gasteiger charge is 2.29. The third kappa shape index (κ3) is 3.72. The fraction of sp³-hybridized carbons (Fsp3) is 0.714. The Bertz CT molecular complexity index is 449. The smallest absolute Gasteiger partial charge is 0.242 e. The lowest BCUT2D eigenvalue weighted by molar-refractivity contribution is 0.144. The van der Waals surface area contributed by atoms with Crippen LogP contribution in [0.4, 0.5) is 11.5 Å². The van der Waals surface area contributed by atoms with E-state index in [4.69, 9.17) is 15.2 Å². The maximum absolute atomic E-state index is 6.10. The number of ether oxygens (including phenoxy) is 2. The largest absolute Gasteiger partial charge is 0.474 e. The van der Waals surface area contributed by atoms with Crippen molar-refractivity contribution >= 4 is 11.5 Å². The van der Waals surface area contributed by atoms with E-state index in [2.05, 4.69) is 29.1 Å². The number of anilines is 2. The Labute approximate surface area is 120 Å². The highest BCUT2D eigenvalue weighted by molar-refractivity contribution is 5.67. The third-order valence-corrected chi connectivity index (χ3v) is 3.39. The molecule has 1 fully saturated rings. The van der Waals surface area contributed by atoms with Gasteiger partial charge in [-0.1, -0.05) is 6.92 Å². The third-order valence-electron chi connectivity index (χ3n) is 3.39. The first-order valence-electron chi connectivity index (χ1n) is 7.21. The summed E-state index contributed by atoms with van der Waals surface area (Å²) in [4.78, 5) is 9.00. The van der Waals surface area contributed by atoms with E-state index >= 15 is 0 Å². The molecule has 0 bridgehead atoms. The monoisotopic (exact) mass is 280 g/mol. The predicted octanol–water partition coefficient (Wildman–Crippen LogP) is 2.17. The molecule has 1 aliphatic carbocycles. The number of nitrogens with zero attached hydrogens (tertiary/aromatic N) is 2. The summed E-state index contributed by atoms with van der Waals surface area (Å²) in [6.45, 7) is 5.16. The van der Waals surface area contributed by atoms with Crippen molar-refractivity contribution in [2.24, 2.45) is 0 Å². The summed E-state index contributed by atoms with van der Waals surface area (Å²) in [5.41, 5.74) is 6.58. The zero-order valence-electron chi connectivity index (χ0n) is 12.5. The highest BCUT2D eigenvalue weighted by atomic mass is 16.5. The molecule has 1 atom stereocenters. The van der Waals surface area contributed by atoms with E-state index in [0.29, 0.717) is 42.6 Å². The first kappa shape index (κ1) is 14.8. The van der Waals surface area contributed by atoms with Gasteiger partial charge in [-0.15, -0.1) is 0 Å². The number of aromatic nitrogens is 2. The van der Waals surface area contributed by atoms with Crippen molar-refractivity contribution in [3.8, 4) is 5.88 Å². The molecule has 0 radical (unpaired) electrons. The molecular formula is C14H24N4O2. The molecule has 1 saturated carbocycles. The van der Waals surface area contributed by atoms with Crippen LogP contribution in [0.25, 0.3) is 0 Å². The Balaban J connectivity index is 2.19. The van der Waals surface area contributed by atoms with Gasteiger partial charge < -0.3 is 20.5 Å². The summed E-state index contributed by atoms with van der Waals surface area (Å²) in [5, 5.41) is 3.33. The number of hydrogen-bond donors (Lipinski definition) is 2. The molecule has 1 aliphatic rings. The molecule has 1 aromatic rings. The van der Waals surface area contributed by atoms with E-state index in [-0.39, 0.29) is 0 Å². The van der Waals surface area contributed by atoms with E-state index in [1.807, 2.05) is 0 Å². The summed E-state index contributed by atoms with van der Waals surface area (Å²) in [6, 6.07) is 0.311. The van der Waals surface area contributed by atoms with Crippen LogP contribution < -0.4 is 15.8 Å².